The lowest BCUT2D eigenvalue weighted by Crippen LogP contribution is -2.60. The fraction of sp³-hybridized carbons (Fsp3) is 0.750. The summed E-state index contributed by atoms with van der Waals surface area (Å²) in [6.45, 7) is 9.38. The van der Waals surface area contributed by atoms with Crippen LogP contribution in [0.2, 0.25) is 0 Å². The first-order chi connectivity index (χ1) is 7.69. The van der Waals surface area contributed by atoms with Crippen LogP contribution in [0.15, 0.2) is 11.4 Å². The maximum absolute atomic E-state index is 11.8. The molecule has 90 valence electrons. The van der Waals surface area contributed by atoms with Gasteiger partial charge in [0.1, 0.15) is 6.04 Å². The predicted octanol–water partition coefficient (Wildman–Crippen LogP) is 1.19. The van der Waals surface area contributed by atoms with Crippen LogP contribution in [-0.2, 0) is 9.53 Å². The van der Waals surface area contributed by atoms with Gasteiger partial charge in [0, 0.05) is 31.0 Å². The minimum absolute atomic E-state index is 0.0781. The second-order valence-corrected chi connectivity index (χ2v) is 4.29. The van der Waals surface area contributed by atoms with Gasteiger partial charge >= 0.3 is 5.97 Å². The standard InChI is InChI=1S/C12H20N2O2/c1-4-10-9(3)13-6-7-14(10)11(8-13)12(15)16-5-2/h11H,4-8H2,1-3H3. The average molecular weight is 224 g/mol. The van der Waals surface area contributed by atoms with E-state index in [1.54, 1.807) is 0 Å². The van der Waals surface area contributed by atoms with Gasteiger partial charge in [0.05, 0.1) is 6.61 Å². The number of fused-ring (bicyclic) bond motifs is 2. The van der Waals surface area contributed by atoms with Crippen LogP contribution in [0.1, 0.15) is 27.2 Å². The zero-order valence-corrected chi connectivity index (χ0v) is 10.3. The summed E-state index contributed by atoms with van der Waals surface area (Å²) in [7, 11) is 0. The molecule has 4 nitrogen and oxygen atoms in total. The van der Waals surface area contributed by atoms with Crippen molar-refractivity contribution < 1.29 is 9.53 Å². The molecule has 3 rings (SSSR count). The third kappa shape index (κ3) is 1.66. The van der Waals surface area contributed by atoms with E-state index in [-0.39, 0.29) is 12.0 Å². The molecule has 0 aromatic heterocycles. The van der Waals surface area contributed by atoms with E-state index in [4.69, 9.17) is 4.74 Å². The zero-order valence-electron chi connectivity index (χ0n) is 10.3. The van der Waals surface area contributed by atoms with Crippen LogP contribution < -0.4 is 0 Å². The Labute approximate surface area is 96.8 Å². The Morgan fingerprint density at radius 2 is 2.19 bits per heavy atom. The van der Waals surface area contributed by atoms with Crippen LogP contribution in [0.25, 0.3) is 0 Å². The lowest BCUT2D eigenvalue weighted by Gasteiger charge is -2.50. The highest BCUT2D eigenvalue weighted by Gasteiger charge is 2.39. The number of rotatable bonds is 3. The molecule has 0 aromatic carbocycles. The van der Waals surface area contributed by atoms with Crippen LogP contribution in [0.3, 0.4) is 0 Å². The molecule has 1 unspecified atom stereocenters. The largest absolute Gasteiger partial charge is 0.464 e. The Kier molecular flexibility index (Phi) is 3.08. The highest BCUT2D eigenvalue weighted by molar-refractivity contribution is 5.77. The molecular formula is C12H20N2O2. The van der Waals surface area contributed by atoms with Crippen molar-refractivity contribution in [1.82, 2.24) is 9.80 Å². The molecule has 0 amide bonds. The summed E-state index contributed by atoms with van der Waals surface area (Å²) < 4.78 is 5.13. The zero-order chi connectivity index (χ0) is 11.7. The van der Waals surface area contributed by atoms with E-state index in [9.17, 15) is 4.79 Å². The number of ether oxygens (including phenoxy) is 1. The third-order valence-corrected chi connectivity index (χ3v) is 3.51. The third-order valence-electron chi connectivity index (χ3n) is 3.51. The first kappa shape index (κ1) is 11.3. The van der Waals surface area contributed by atoms with E-state index in [0.717, 1.165) is 26.1 Å². The molecule has 16 heavy (non-hydrogen) atoms. The fourth-order valence-corrected chi connectivity index (χ4v) is 2.70. The number of piperazine rings is 1. The molecule has 3 aliphatic heterocycles. The lowest BCUT2D eigenvalue weighted by atomic mass is 10.0. The molecule has 0 spiro atoms. The van der Waals surface area contributed by atoms with Crippen molar-refractivity contribution in [2.75, 3.05) is 26.2 Å². The Bertz CT molecular complexity index is 325. The van der Waals surface area contributed by atoms with Gasteiger partial charge in [-0.1, -0.05) is 6.92 Å². The Morgan fingerprint density at radius 3 is 2.81 bits per heavy atom. The molecular weight excluding hydrogens is 204 g/mol. The van der Waals surface area contributed by atoms with Gasteiger partial charge in [-0.2, -0.15) is 0 Å². The monoisotopic (exact) mass is 224 g/mol. The maximum Gasteiger partial charge on any atom is 0.330 e. The second kappa shape index (κ2) is 4.36. The lowest BCUT2D eigenvalue weighted by molar-refractivity contribution is -0.151. The van der Waals surface area contributed by atoms with E-state index < -0.39 is 0 Å². The van der Waals surface area contributed by atoms with Crippen molar-refractivity contribution >= 4 is 5.97 Å². The molecule has 3 heterocycles. The molecule has 4 heteroatoms. The molecule has 2 bridgehead atoms. The molecule has 0 radical (unpaired) electrons. The Morgan fingerprint density at radius 1 is 1.44 bits per heavy atom. The molecule has 0 N–H and O–H groups in total. The number of carbonyl (C=O) groups excluding carboxylic acids is 1. The number of hydrogen-bond donors (Lipinski definition) is 0. The van der Waals surface area contributed by atoms with Crippen molar-refractivity contribution in [3.8, 4) is 0 Å². The Balaban J connectivity index is 2.20. The topological polar surface area (TPSA) is 32.8 Å². The van der Waals surface area contributed by atoms with Gasteiger partial charge in [0.25, 0.3) is 0 Å². The number of hydrogen-bond acceptors (Lipinski definition) is 4. The molecule has 1 saturated heterocycles. The normalized spacial score (nSPS) is 24.1. The van der Waals surface area contributed by atoms with Crippen LogP contribution in [0.5, 0.6) is 0 Å². The first-order valence-electron chi connectivity index (χ1n) is 6.07. The van der Waals surface area contributed by atoms with Crippen molar-refractivity contribution in [2.45, 2.75) is 33.2 Å². The van der Waals surface area contributed by atoms with Gasteiger partial charge < -0.3 is 14.5 Å². The van der Waals surface area contributed by atoms with Gasteiger partial charge in [-0.3, -0.25) is 0 Å². The van der Waals surface area contributed by atoms with Gasteiger partial charge in [-0.25, -0.2) is 4.79 Å². The van der Waals surface area contributed by atoms with Crippen LogP contribution in [-0.4, -0.2) is 48.1 Å². The van der Waals surface area contributed by atoms with Gasteiger partial charge in [-0.05, 0) is 20.3 Å². The predicted molar refractivity (Wildman–Crippen MR) is 61.7 cm³/mol. The molecule has 3 aliphatic rings. The summed E-state index contributed by atoms with van der Waals surface area (Å²) in [5.41, 5.74) is 2.63. The number of esters is 1. The SMILES string of the molecule is CCOC(=O)C1CN2CCN1C(CC)=C2C. The highest BCUT2D eigenvalue weighted by Crippen LogP contribution is 2.30. The van der Waals surface area contributed by atoms with Gasteiger partial charge in [0.2, 0.25) is 0 Å². The highest BCUT2D eigenvalue weighted by atomic mass is 16.5. The van der Waals surface area contributed by atoms with Crippen LogP contribution >= 0.6 is 0 Å². The summed E-state index contributed by atoms with van der Waals surface area (Å²) >= 11 is 0. The van der Waals surface area contributed by atoms with E-state index >= 15 is 0 Å². The van der Waals surface area contributed by atoms with Crippen LogP contribution in [0.4, 0.5) is 0 Å². The summed E-state index contributed by atoms with van der Waals surface area (Å²) in [6, 6.07) is -0.0904. The summed E-state index contributed by atoms with van der Waals surface area (Å²) in [5, 5.41) is 0. The first-order valence-corrected chi connectivity index (χ1v) is 6.07. The van der Waals surface area contributed by atoms with E-state index in [1.165, 1.54) is 11.4 Å². The van der Waals surface area contributed by atoms with E-state index in [2.05, 4.69) is 23.6 Å². The minimum Gasteiger partial charge on any atom is -0.464 e. The summed E-state index contributed by atoms with van der Waals surface area (Å²) in [5.74, 6) is -0.0781. The maximum atomic E-state index is 11.8. The van der Waals surface area contributed by atoms with Crippen molar-refractivity contribution in [3.05, 3.63) is 11.4 Å². The van der Waals surface area contributed by atoms with Crippen molar-refractivity contribution in [3.63, 3.8) is 0 Å². The minimum atomic E-state index is -0.0904. The molecule has 0 saturated carbocycles. The van der Waals surface area contributed by atoms with E-state index in [0.29, 0.717) is 6.61 Å². The molecule has 1 fully saturated rings. The number of allylic oxidation sites excluding steroid dienone is 2. The van der Waals surface area contributed by atoms with Crippen molar-refractivity contribution in [2.24, 2.45) is 0 Å². The molecule has 1 atom stereocenters. The summed E-state index contributed by atoms with van der Waals surface area (Å²) in [4.78, 5) is 16.4. The van der Waals surface area contributed by atoms with Gasteiger partial charge in [0.15, 0.2) is 0 Å². The average Bonchev–Trinajstić information content (AvgIpc) is 2.30. The quantitative estimate of drug-likeness (QED) is 0.674. The fourth-order valence-electron chi connectivity index (χ4n) is 2.70. The second-order valence-electron chi connectivity index (χ2n) is 4.29. The Hall–Kier alpha value is -1.19. The smallest absolute Gasteiger partial charge is 0.330 e. The van der Waals surface area contributed by atoms with Gasteiger partial charge in [-0.15, -0.1) is 0 Å². The van der Waals surface area contributed by atoms with Crippen LogP contribution in [0, 0.1) is 0 Å². The number of nitrogens with zero attached hydrogens (tertiary/aromatic N) is 2. The molecule has 0 aliphatic carbocycles. The van der Waals surface area contributed by atoms with E-state index in [1.807, 2.05) is 6.92 Å². The molecule has 0 aromatic rings. The number of carbonyl (C=O) groups is 1. The van der Waals surface area contributed by atoms with Crippen molar-refractivity contribution in [1.29, 1.82) is 0 Å². The summed E-state index contributed by atoms with van der Waals surface area (Å²) in [6.07, 6.45) is 0.984.